The Bertz CT molecular complexity index is 1210. The van der Waals surface area contributed by atoms with Crippen LogP contribution in [0.5, 0.6) is 17.2 Å². The third kappa shape index (κ3) is 3.48. The number of halogens is 3. The highest BCUT2D eigenvalue weighted by Crippen LogP contribution is 2.44. The lowest BCUT2D eigenvalue weighted by Crippen LogP contribution is -2.49. The summed E-state index contributed by atoms with van der Waals surface area (Å²) in [5.41, 5.74) is 0.187. The van der Waals surface area contributed by atoms with Crippen LogP contribution in [-0.2, 0) is 10.3 Å². The Kier molecular flexibility index (Phi) is 5.37. The van der Waals surface area contributed by atoms with Crippen LogP contribution in [0.4, 0.5) is 13.2 Å². The quantitative estimate of drug-likeness (QED) is 0.498. The zero-order valence-corrected chi connectivity index (χ0v) is 17.2. The summed E-state index contributed by atoms with van der Waals surface area (Å²) in [5, 5.41) is 22.1. The van der Waals surface area contributed by atoms with Crippen molar-refractivity contribution in [3.63, 3.8) is 0 Å². The molecule has 0 saturated carbocycles. The second kappa shape index (κ2) is 7.90. The van der Waals surface area contributed by atoms with Crippen LogP contribution < -0.4 is 10.1 Å². The summed E-state index contributed by atoms with van der Waals surface area (Å²) in [4.78, 5) is 16.8. The van der Waals surface area contributed by atoms with Gasteiger partial charge in [-0.2, -0.15) is 0 Å². The van der Waals surface area contributed by atoms with Gasteiger partial charge in [0.25, 0.3) is 12.3 Å². The third-order valence-corrected chi connectivity index (χ3v) is 5.34. The number of phenols is 2. The fourth-order valence-electron chi connectivity index (χ4n) is 3.67. The van der Waals surface area contributed by atoms with Crippen LogP contribution in [0.1, 0.15) is 17.3 Å². The molecule has 8 nitrogen and oxygen atoms in total. The Balaban J connectivity index is 1.92. The van der Waals surface area contributed by atoms with Gasteiger partial charge >= 0.3 is 0 Å². The Morgan fingerprint density at radius 1 is 1.31 bits per heavy atom. The molecular formula is C21H20F3N3O5. The van der Waals surface area contributed by atoms with E-state index in [2.05, 4.69) is 10.3 Å². The van der Waals surface area contributed by atoms with E-state index in [1.165, 1.54) is 31.4 Å². The molecule has 170 valence electrons. The number of carbonyl (C=O) groups is 1. The summed E-state index contributed by atoms with van der Waals surface area (Å²) in [6.45, 7) is 1.61. The van der Waals surface area contributed by atoms with Crippen LogP contribution in [-0.4, -0.2) is 59.0 Å². The SMILES string of the molecule is COc1cc(-c2nc3ccc(C(=O)NCC(F)F)cc3n2C2(C)COC2)c(F)c(O)c1O. The monoisotopic (exact) mass is 451 g/mol. The molecule has 1 aromatic heterocycles. The van der Waals surface area contributed by atoms with Gasteiger partial charge in [0.05, 0.1) is 49.0 Å². The first-order chi connectivity index (χ1) is 15.2. The lowest BCUT2D eigenvalue weighted by molar-refractivity contribution is -0.0868. The molecule has 0 bridgehead atoms. The van der Waals surface area contributed by atoms with Gasteiger partial charge in [-0.05, 0) is 31.2 Å². The zero-order valence-electron chi connectivity index (χ0n) is 17.2. The van der Waals surface area contributed by atoms with E-state index < -0.39 is 41.7 Å². The van der Waals surface area contributed by atoms with E-state index in [4.69, 9.17) is 9.47 Å². The van der Waals surface area contributed by atoms with Gasteiger partial charge in [-0.3, -0.25) is 4.79 Å². The topological polar surface area (TPSA) is 106 Å². The molecule has 32 heavy (non-hydrogen) atoms. The largest absolute Gasteiger partial charge is 0.502 e. The number of nitrogens with one attached hydrogen (secondary N) is 1. The summed E-state index contributed by atoms with van der Waals surface area (Å²) < 4.78 is 51.9. The summed E-state index contributed by atoms with van der Waals surface area (Å²) in [5.74, 6) is -3.56. The molecule has 2 heterocycles. The molecule has 0 spiro atoms. The number of hydrogen-bond acceptors (Lipinski definition) is 6. The number of fused-ring (bicyclic) bond motifs is 1. The van der Waals surface area contributed by atoms with Crippen LogP contribution in [0.2, 0.25) is 0 Å². The first-order valence-electron chi connectivity index (χ1n) is 9.62. The molecular weight excluding hydrogens is 431 g/mol. The molecule has 3 N–H and O–H groups in total. The molecule has 0 atom stereocenters. The summed E-state index contributed by atoms with van der Waals surface area (Å²) >= 11 is 0. The number of aromatic nitrogens is 2. The van der Waals surface area contributed by atoms with Crippen molar-refractivity contribution in [2.24, 2.45) is 0 Å². The van der Waals surface area contributed by atoms with Crippen LogP contribution in [0.15, 0.2) is 24.3 Å². The predicted molar refractivity (Wildman–Crippen MR) is 108 cm³/mol. The Morgan fingerprint density at radius 3 is 2.62 bits per heavy atom. The number of amides is 1. The number of methoxy groups -OCH3 is 1. The van der Waals surface area contributed by atoms with E-state index in [0.717, 1.165) is 0 Å². The summed E-state index contributed by atoms with van der Waals surface area (Å²) in [6.07, 6.45) is -2.69. The number of imidazole rings is 1. The minimum absolute atomic E-state index is 0.113. The first-order valence-corrected chi connectivity index (χ1v) is 9.62. The van der Waals surface area contributed by atoms with Crippen LogP contribution in [0.3, 0.4) is 0 Å². The minimum Gasteiger partial charge on any atom is -0.502 e. The number of ether oxygens (including phenoxy) is 2. The molecule has 2 aromatic carbocycles. The standard InChI is InChI=1S/C21H20F3N3O5/c1-21(8-32-9-21)27-13-5-10(20(30)25-7-15(22)23)3-4-12(13)26-19(27)11-6-14(31-2)17(28)18(29)16(11)24/h3-6,15,28-29H,7-9H2,1-2H3,(H,25,30). The average Bonchev–Trinajstić information content (AvgIpc) is 3.13. The van der Waals surface area contributed by atoms with Crippen LogP contribution >= 0.6 is 0 Å². The molecule has 3 aromatic rings. The van der Waals surface area contributed by atoms with E-state index in [1.807, 2.05) is 6.92 Å². The van der Waals surface area contributed by atoms with Crippen molar-refractivity contribution in [3.05, 3.63) is 35.6 Å². The molecule has 11 heteroatoms. The minimum atomic E-state index is -2.69. The van der Waals surface area contributed by atoms with Crippen molar-refractivity contribution in [2.45, 2.75) is 18.9 Å². The van der Waals surface area contributed by atoms with Gasteiger partial charge < -0.3 is 29.6 Å². The number of alkyl halides is 2. The van der Waals surface area contributed by atoms with Gasteiger partial charge in [-0.25, -0.2) is 18.2 Å². The molecule has 1 aliphatic rings. The number of hydrogen-bond donors (Lipinski definition) is 3. The summed E-state index contributed by atoms with van der Waals surface area (Å²) in [7, 11) is 1.25. The second-order valence-corrected chi connectivity index (χ2v) is 7.70. The summed E-state index contributed by atoms with van der Waals surface area (Å²) in [6, 6.07) is 5.63. The van der Waals surface area contributed by atoms with Crippen molar-refractivity contribution < 1.29 is 37.7 Å². The Hall–Kier alpha value is -3.47. The van der Waals surface area contributed by atoms with E-state index in [9.17, 15) is 28.2 Å². The molecule has 1 fully saturated rings. The number of nitrogens with zero attached hydrogens (tertiary/aromatic N) is 2. The van der Waals surface area contributed by atoms with E-state index in [1.54, 1.807) is 4.57 Å². The number of benzene rings is 2. The molecule has 0 aliphatic carbocycles. The fraction of sp³-hybridized carbons (Fsp3) is 0.333. The molecule has 1 saturated heterocycles. The van der Waals surface area contributed by atoms with E-state index >= 15 is 0 Å². The number of aromatic hydroxyl groups is 2. The van der Waals surface area contributed by atoms with Crippen molar-refractivity contribution in [2.75, 3.05) is 26.9 Å². The fourth-order valence-corrected chi connectivity index (χ4v) is 3.67. The molecule has 1 aliphatic heterocycles. The number of phenolic OH excluding ortho intramolecular Hbond substituents is 2. The number of carbonyl (C=O) groups excluding carboxylic acids is 1. The van der Waals surface area contributed by atoms with Gasteiger partial charge in [0.2, 0.25) is 5.75 Å². The highest BCUT2D eigenvalue weighted by Gasteiger charge is 2.39. The highest BCUT2D eigenvalue weighted by molar-refractivity contribution is 5.98. The maximum absolute atomic E-state index is 15.0. The second-order valence-electron chi connectivity index (χ2n) is 7.70. The molecule has 0 unspecified atom stereocenters. The smallest absolute Gasteiger partial charge is 0.255 e. The lowest BCUT2D eigenvalue weighted by atomic mass is 9.98. The average molecular weight is 451 g/mol. The molecule has 1 amide bonds. The Morgan fingerprint density at radius 2 is 2.03 bits per heavy atom. The molecule has 0 radical (unpaired) electrons. The van der Waals surface area contributed by atoms with Crippen LogP contribution in [0, 0.1) is 5.82 Å². The van der Waals surface area contributed by atoms with Gasteiger partial charge in [-0.15, -0.1) is 0 Å². The zero-order chi connectivity index (χ0) is 23.2. The lowest BCUT2D eigenvalue weighted by Gasteiger charge is -2.40. The van der Waals surface area contributed by atoms with Gasteiger partial charge in [0, 0.05) is 5.56 Å². The third-order valence-electron chi connectivity index (χ3n) is 5.34. The highest BCUT2D eigenvalue weighted by atomic mass is 19.3. The first kappa shape index (κ1) is 21.8. The van der Waals surface area contributed by atoms with E-state index in [-0.39, 0.29) is 35.9 Å². The molecule has 4 rings (SSSR count). The predicted octanol–water partition coefficient (Wildman–Crippen LogP) is 3.00. The maximum atomic E-state index is 15.0. The van der Waals surface area contributed by atoms with Gasteiger partial charge in [-0.1, -0.05) is 0 Å². The van der Waals surface area contributed by atoms with Crippen molar-refractivity contribution in [3.8, 4) is 28.6 Å². The van der Waals surface area contributed by atoms with Gasteiger partial charge in [0.15, 0.2) is 17.3 Å². The van der Waals surface area contributed by atoms with Crippen molar-refractivity contribution in [1.29, 1.82) is 0 Å². The van der Waals surface area contributed by atoms with Gasteiger partial charge in [0.1, 0.15) is 5.82 Å². The number of rotatable bonds is 6. The van der Waals surface area contributed by atoms with Crippen molar-refractivity contribution in [1.82, 2.24) is 14.9 Å². The van der Waals surface area contributed by atoms with Crippen LogP contribution in [0.25, 0.3) is 22.4 Å². The maximum Gasteiger partial charge on any atom is 0.255 e. The normalized spacial score (nSPS) is 15.1. The Labute approximate surface area is 180 Å². The van der Waals surface area contributed by atoms with Crippen molar-refractivity contribution >= 4 is 16.9 Å². The van der Waals surface area contributed by atoms with E-state index in [0.29, 0.717) is 11.0 Å².